The lowest BCUT2D eigenvalue weighted by Crippen LogP contribution is -2.18. The fourth-order valence-corrected chi connectivity index (χ4v) is 4.62. The van der Waals surface area contributed by atoms with Crippen LogP contribution in [0.2, 0.25) is 0 Å². The molecule has 2 saturated carbocycles. The van der Waals surface area contributed by atoms with Gasteiger partial charge in [0.15, 0.2) is 0 Å². The van der Waals surface area contributed by atoms with Gasteiger partial charge in [-0.1, -0.05) is 33.6 Å². The summed E-state index contributed by atoms with van der Waals surface area (Å²) in [5.41, 5.74) is 0. The van der Waals surface area contributed by atoms with Crippen LogP contribution in [0.25, 0.3) is 0 Å². The highest BCUT2D eigenvalue weighted by atomic mass is 16.5. The highest BCUT2D eigenvalue weighted by molar-refractivity contribution is 4.92. The second kappa shape index (κ2) is 6.41. The lowest BCUT2D eigenvalue weighted by molar-refractivity contribution is 0.0596. The molecule has 0 saturated heterocycles. The Labute approximate surface area is 114 Å². The molecule has 2 aliphatic carbocycles. The van der Waals surface area contributed by atoms with Gasteiger partial charge in [0.2, 0.25) is 0 Å². The fourth-order valence-electron chi connectivity index (χ4n) is 4.62. The first-order chi connectivity index (χ1) is 8.65. The molecule has 0 aromatic rings. The van der Waals surface area contributed by atoms with Crippen molar-refractivity contribution in [3.63, 3.8) is 0 Å². The molecule has 18 heavy (non-hydrogen) atoms. The van der Waals surface area contributed by atoms with Gasteiger partial charge >= 0.3 is 0 Å². The summed E-state index contributed by atoms with van der Waals surface area (Å²) in [6, 6.07) is 0. The third kappa shape index (κ3) is 3.10. The Morgan fingerprint density at radius 2 is 1.67 bits per heavy atom. The van der Waals surface area contributed by atoms with Gasteiger partial charge in [-0.3, -0.25) is 0 Å². The van der Waals surface area contributed by atoms with Crippen molar-refractivity contribution in [2.24, 2.45) is 29.6 Å². The number of rotatable bonds is 4. The van der Waals surface area contributed by atoms with E-state index in [9.17, 15) is 0 Å². The Balaban J connectivity index is 2.05. The first kappa shape index (κ1) is 14.4. The molecule has 0 aromatic heterocycles. The van der Waals surface area contributed by atoms with Gasteiger partial charge < -0.3 is 4.74 Å². The maximum absolute atomic E-state index is 5.92. The molecular weight excluding hydrogens is 220 g/mol. The van der Waals surface area contributed by atoms with Crippen LogP contribution in [0.4, 0.5) is 0 Å². The molecule has 0 bridgehead atoms. The molecule has 0 aliphatic heterocycles. The minimum absolute atomic E-state index is 0.574. The van der Waals surface area contributed by atoms with Gasteiger partial charge in [0.1, 0.15) is 0 Å². The zero-order chi connectivity index (χ0) is 13.1. The van der Waals surface area contributed by atoms with Gasteiger partial charge in [0, 0.05) is 6.61 Å². The molecule has 6 unspecified atom stereocenters. The van der Waals surface area contributed by atoms with Gasteiger partial charge in [0.05, 0.1) is 6.10 Å². The average Bonchev–Trinajstić information content (AvgIpc) is 2.67. The summed E-state index contributed by atoms with van der Waals surface area (Å²) in [4.78, 5) is 0. The van der Waals surface area contributed by atoms with Crippen molar-refractivity contribution < 1.29 is 4.74 Å². The Hall–Kier alpha value is -0.0400. The molecule has 2 aliphatic rings. The van der Waals surface area contributed by atoms with Crippen molar-refractivity contribution >= 4 is 0 Å². The number of fused-ring (bicyclic) bond motifs is 1. The Kier molecular flexibility index (Phi) is 5.12. The summed E-state index contributed by atoms with van der Waals surface area (Å²) in [7, 11) is 0. The van der Waals surface area contributed by atoms with Crippen LogP contribution in [0, 0.1) is 29.6 Å². The van der Waals surface area contributed by atoms with Crippen molar-refractivity contribution in [2.75, 3.05) is 6.61 Å². The van der Waals surface area contributed by atoms with E-state index in [1.54, 1.807) is 0 Å². The van der Waals surface area contributed by atoms with Crippen molar-refractivity contribution in [1.29, 1.82) is 0 Å². The normalized spacial score (nSPS) is 44.7. The highest BCUT2D eigenvalue weighted by Crippen LogP contribution is 2.49. The highest BCUT2D eigenvalue weighted by Gasteiger charge is 2.42. The lowest BCUT2D eigenvalue weighted by atomic mass is 9.79. The molecule has 0 N–H and O–H groups in total. The number of hydrogen-bond donors (Lipinski definition) is 0. The van der Waals surface area contributed by atoms with E-state index in [-0.39, 0.29) is 0 Å². The van der Waals surface area contributed by atoms with E-state index in [1.807, 2.05) is 0 Å². The second-order valence-electron chi connectivity index (χ2n) is 6.95. The minimum Gasteiger partial charge on any atom is -0.378 e. The Morgan fingerprint density at radius 1 is 0.944 bits per heavy atom. The van der Waals surface area contributed by atoms with Gasteiger partial charge in [-0.15, -0.1) is 0 Å². The van der Waals surface area contributed by atoms with E-state index < -0.39 is 0 Å². The molecule has 6 atom stereocenters. The fraction of sp³-hybridized carbons (Fsp3) is 1.00. The van der Waals surface area contributed by atoms with Crippen LogP contribution >= 0.6 is 0 Å². The molecule has 0 heterocycles. The topological polar surface area (TPSA) is 9.23 Å². The zero-order valence-corrected chi connectivity index (χ0v) is 12.8. The Bertz CT molecular complexity index is 250. The van der Waals surface area contributed by atoms with E-state index in [4.69, 9.17) is 4.74 Å². The van der Waals surface area contributed by atoms with E-state index in [0.29, 0.717) is 6.10 Å². The zero-order valence-electron chi connectivity index (χ0n) is 12.8. The van der Waals surface area contributed by atoms with Crippen LogP contribution < -0.4 is 0 Å². The summed E-state index contributed by atoms with van der Waals surface area (Å²) in [6.07, 6.45) is 8.99. The summed E-state index contributed by atoms with van der Waals surface area (Å²) in [5.74, 6) is 4.75. The number of hydrogen-bond acceptors (Lipinski definition) is 1. The predicted molar refractivity (Wildman–Crippen MR) is 77.6 cm³/mol. The molecule has 1 nitrogen and oxygen atoms in total. The lowest BCUT2D eigenvalue weighted by Gasteiger charge is -2.26. The molecule has 1 heteroatoms. The molecule has 106 valence electrons. The quantitative estimate of drug-likeness (QED) is 0.691. The monoisotopic (exact) mass is 252 g/mol. The minimum atomic E-state index is 0.574. The first-order valence-electron chi connectivity index (χ1n) is 8.27. The standard InChI is InChI=1S/C17H32O/c1-5-7-14-8-12(3)13(4)9-15-10-16(18-6-2)11-17(14)15/h12-17H,5-11H2,1-4H3. The Morgan fingerprint density at radius 3 is 2.33 bits per heavy atom. The SMILES string of the molecule is CCCC1CC(C)C(C)CC2CC(OCC)CC12. The molecule has 0 radical (unpaired) electrons. The van der Waals surface area contributed by atoms with Crippen LogP contribution in [0.5, 0.6) is 0 Å². The maximum atomic E-state index is 5.92. The molecule has 2 rings (SSSR count). The molecular formula is C17H32O. The van der Waals surface area contributed by atoms with E-state index in [1.165, 1.54) is 38.5 Å². The largest absolute Gasteiger partial charge is 0.378 e. The summed E-state index contributed by atoms with van der Waals surface area (Å²) >= 11 is 0. The van der Waals surface area contributed by atoms with Gasteiger partial charge in [-0.05, 0) is 62.2 Å². The first-order valence-corrected chi connectivity index (χ1v) is 8.27. The van der Waals surface area contributed by atoms with Crippen LogP contribution in [0.1, 0.15) is 66.2 Å². The van der Waals surface area contributed by atoms with E-state index in [0.717, 1.165) is 36.2 Å². The summed E-state index contributed by atoms with van der Waals surface area (Å²) in [6.45, 7) is 10.3. The number of ether oxygens (including phenoxy) is 1. The second-order valence-corrected chi connectivity index (χ2v) is 6.95. The van der Waals surface area contributed by atoms with Crippen LogP contribution in [0.3, 0.4) is 0 Å². The molecule has 0 spiro atoms. The van der Waals surface area contributed by atoms with Crippen molar-refractivity contribution in [2.45, 2.75) is 72.3 Å². The van der Waals surface area contributed by atoms with Crippen LogP contribution in [0.15, 0.2) is 0 Å². The molecule has 0 amide bonds. The average molecular weight is 252 g/mol. The maximum Gasteiger partial charge on any atom is 0.0580 e. The summed E-state index contributed by atoms with van der Waals surface area (Å²) < 4.78 is 5.92. The van der Waals surface area contributed by atoms with Gasteiger partial charge in [-0.25, -0.2) is 0 Å². The van der Waals surface area contributed by atoms with Crippen LogP contribution in [-0.4, -0.2) is 12.7 Å². The van der Waals surface area contributed by atoms with Crippen LogP contribution in [-0.2, 0) is 4.74 Å². The van der Waals surface area contributed by atoms with E-state index in [2.05, 4.69) is 27.7 Å². The predicted octanol–water partition coefficient (Wildman–Crippen LogP) is 4.90. The molecule has 0 aromatic carbocycles. The summed E-state index contributed by atoms with van der Waals surface area (Å²) in [5, 5.41) is 0. The third-order valence-electron chi connectivity index (χ3n) is 5.69. The van der Waals surface area contributed by atoms with Crippen molar-refractivity contribution in [3.05, 3.63) is 0 Å². The third-order valence-corrected chi connectivity index (χ3v) is 5.69. The van der Waals surface area contributed by atoms with Crippen molar-refractivity contribution in [3.8, 4) is 0 Å². The van der Waals surface area contributed by atoms with E-state index >= 15 is 0 Å². The van der Waals surface area contributed by atoms with Crippen molar-refractivity contribution in [1.82, 2.24) is 0 Å². The smallest absolute Gasteiger partial charge is 0.0580 e. The van der Waals surface area contributed by atoms with Gasteiger partial charge in [0.25, 0.3) is 0 Å². The molecule has 2 fully saturated rings. The van der Waals surface area contributed by atoms with Gasteiger partial charge in [-0.2, -0.15) is 0 Å².